The number of rotatable bonds is 3. The fraction of sp³-hybridized carbons (Fsp3) is 0.765. The van der Waals surface area contributed by atoms with Crippen LogP contribution in [-0.4, -0.2) is 47.7 Å². The highest BCUT2D eigenvalue weighted by Crippen LogP contribution is 2.34. The number of likely N-dealkylation sites (tertiary alicyclic amines) is 1. The summed E-state index contributed by atoms with van der Waals surface area (Å²) in [5.41, 5.74) is 2.26. The molecule has 1 aliphatic carbocycles. The second-order valence-corrected chi connectivity index (χ2v) is 6.81. The van der Waals surface area contributed by atoms with Gasteiger partial charge in [0.2, 0.25) is 5.91 Å². The van der Waals surface area contributed by atoms with E-state index in [4.69, 9.17) is 4.74 Å². The summed E-state index contributed by atoms with van der Waals surface area (Å²) in [7, 11) is 0. The monoisotopic (exact) mass is 307 g/mol. The van der Waals surface area contributed by atoms with Crippen molar-refractivity contribution < 1.29 is 19.4 Å². The van der Waals surface area contributed by atoms with E-state index in [2.05, 4.69) is 6.92 Å². The molecule has 2 saturated heterocycles. The number of carbonyl (C=O) groups is 2. The zero-order valence-corrected chi connectivity index (χ0v) is 13.2. The van der Waals surface area contributed by atoms with E-state index in [1.165, 1.54) is 5.57 Å². The molecule has 5 nitrogen and oxygen atoms in total. The lowest BCUT2D eigenvalue weighted by Gasteiger charge is -2.36. The summed E-state index contributed by atoms with van der Waals surface area (Å²) in [6.07, 6.45) is 5.22. The number of piperidine rings is 1. The quantitative estimate of drug-likeness (QED) is 0.868. The van der Waals surface area contributed by atoms with E-state index in [-0.39, 0.29) is 23.8 Å². The minimum atomic E-state index is -0.743. The lowest BCUT2D eigenvalue weighted by Crippen LogP contribution is -2.43. The fourth-order valence-corrected chi connectivity index (χ4v) is 4.15. The van der Waals surface area contributed by atoms with Gasteiger partial charge in [0.1, 0.15) is 0 Å². The Morgan fingerprint density at radius 2 is 1.91 bits per heavy atom. The maximum Gasteiger partial charge on any atom is 0.309 e. The smallest absolute Gasteiger partial charge is 0.309 e. The molecule has 2 heterocycles. The fourth-order valence-electron chi connectivity index (χ4n) is 4.15. The lowest BCUT2D eigenvalue weighted by atomic mass is 9.84. The Morgan fingerprint density at radius 1 is 1.18 bits per heavy atom. The molecule has 0 bridgehead atoms. The van der Waals surface area contributed by atoms with Gasteiger partial charge in [-0.25, -0.2) is 0 Å². The number of allylic oxidation sites excluding steroid dienone is 1. The van der Waals surface area contributed by atoms with E-state index < -0.39 is 5.97 Å². The van der Waals surface area contributed by atoms with E-state index in [9.17, 15) is 14.7 Å². The highest BCUT2D eigenvalue weighted by Gasteiger charge is 2.41. The van der Waals surface area contributed by atoms with Crippen molar-refractivity contribution in [1.29, 1.82) is 0 Å². The number of amides is 1. The molecule has 5 heteroatoms. The zero-order chi connectivity index (χ0) is 15.7. The van der Waals surface area contributed by atoms with Crippen molar-refractivity contribution in [3.63, 3.8) is 0 Å². The van der Waals surface area contributed by atoms with E-state index in [1.54, 1.807) is 0 Å². The summed E-state index contributed by atoms with van der Waals surface area (Å²) in [6, 6.07) is 0. The molecular weight excluding hydrogens is 282 g/mol. The van der Waals surface area contributed by atoms with Crippen LogP contribution >= 0.6 is 0 Å². The molecule has 0 aromatic carbocycles. The third kappa shape index (κ3) is 2.91. The Morgan fingerprint density at radius 3 is 2.50 bits per heavy atom. The Hall–Kier alpha value is -1.36. The molecule has 0 aromatic heterocycles. The Balaban J connectivity index is 1.57. The zero-order valence-electron chi connectivity index (χ0n) is 13.2. The van der Waals surface area contributed by atoms with Crippen LogP contribution in [0.2, 0.25) is 0 Å². The number of ether oxygens (including phenoxy) is 1. The van der Waals surface area contributed by atoms with Gasteiger partial charge in [-0.15, -0.1) is 0 Å². The highest BCUT2D eigenvalue weighted by molar-refractivity contribution is 5.94. The van der Waals surface area contributed by atoms with Gasteiger partial charge in [0, 0.05) is 25.3 Å². The first-order valence-electron chi connectivity index (χ1n) is 8.40. The highest BCUT2D eigenvalue weighted by atomic mass is 16.5. The van der Waals surface area contributed by atoms with Gasteiger partial charge in [0.05, 0.1) is 12.0 Å². The van der Waals surface area contributed by atoms with Crippen LogP contribution in [0.3, 0.4) is 0 Å². The Bertz CT molecular complexity index is 491. The molecule has 2 fully saturated rings. The molecule has 22 heavy (non-hydrogen) atoms. The molecule has 2 atom stereocenters. The second kappa shape index (κ2) is 6.41. The van der Waals surface area contributed by atoms with Gasteiger partial charge in [-0.05, 0) is 51.4 Å². The molecule has 1 unspecified atom stereocenters. The van der Waals surface area contributed by atoms with Gasteiger partial charge in [0.15, 0.2) is 0 Å². The van der Waals surface area contributed by atoms with Crippen LogP contribution in [0, 0.1) is 11.8 Å². The molecular formula is C17H25NO4. The number of carboxylic acid groups (broad SMARTS) is 1. The van der Waals surface area contributed by atoms with E-state index in [1.807, 2.05) is 4.90 Å². The average Bonchev–Trinajstić information content (AvgIpc) is 3.15. The third-order valence-electron chi connectivity index (χ3n) is 5.50. The number of hydrogen-bond acceptors (Lipinski definition) is 3. The minimum Gasteiger partial charge on any atom is -0.481 e. The van der Waals surface area contributed by atoms with E-state index in [0.29, 0.717) is 13.0 Å². The largest absolute Gasteiger partial charge is 0.481 e. The van der Waals surface area contributed by atoms with Crippen molar-refractivity contribution in [2.75, 3.05) is 19.7 Å². The number of hydrogen-bond donors (Lipinski definition) is 1. The first kappa shape index (κ1) is 15.5. The van der Waals surface area contributed by atoms with Crippen LogP contribution in [0.1, 0.15) is 45.4 Å². The third-order valence-corrected chi connectivity index (χ3v) is 5.50. The number of nitrogens with zero attached hydrogens (tertiary/aromatic N) is 1. The number of carboxylic acids is 1. The van der Waals surface area contributed by atoms with Gasteiger partial charge in [-0.1, -0.05) is 5.57 Å². The summed E-state index contributed by atoms with van der Waals surface area (Å²) in [5.74, 6) is -0.637. The topological polar surface area (TPSA) is 66.8 Å². The van der Waals surface area contributed by atoms with Crippen LogP contribution < -0.4 is 0 Å². The summed E-state index contributed by atoms with van der Waals surface area (Å²) in [6.45, 7) is 4.07. The molecule has 0 radical (unpaired) electrons. The average molecular weight is 307 g/mol. The molecule has 2 aliphatic heterocycles. The van der Waals surface area contributed by atoms with Crippen LogP contribution in [-0.2, 0) is 14.3 Å². The minimum absolute atomic E-state index is 0.165. The van der Waals surface area contributed by atoms with Crippen molar-refractivity contribution >= 4 is 11.9 Å². The Kier molecular flexibility index (Phi) is 4.52. The molecule has 1 amide bonds. The van der Waals surface area contributed by atoms with Crippen LogP contribution in [0.4, 0.5) is 0 Å². The molecule has 122 valence electrons. The summed E-state index contributed by atoms with van der Waals surface area (Å²) < 4.78 is 5.69. The summed E-state index contributed by atoms with van der Waals surface area (Å²) in [5, 5.41) is 9.28. The first-order valence-corrected chi connectivity index (χ1v) is 8.40. The number of aliphatic carboxylic acids is 1. The lowest BCUT2D eigenvalue weighted by molar-refractivity contribution is -0.145. The van der Waals surface area contributed by atoms with Crippen LogP contribution in [0.5, 0.6) is 0 Å². The predicted molar refractivity (Wildman–Crippen MR) is 81.3 cm³/mol. The first-order chi connectivity index (χ1) is 10.6. The molecule has 1 N–H and O–H groups in total. The molecule has 0 saturated carbocycles. The van der Waals surface area contributed by atoms with Gasteiger partial charge < -0.3 is 14.7 Å². The van der Waals surface area contributed by atoms with Crippen molar-refractivity contribution in [2.45, 2.75) is 51.6 Å². The van der Waals surface area contributed by atoms with Crippen LogP contribution in [0.15, 0.2) is 11.1 Å². The maximum absolute atomic E-state index is 12.6. The van der Waals surface area contributed by atoms with Gasteiger partial charge in [-0.2, -0.15) is 0 Å². The van der Waals surface area contributed by atoms with E-state index in [0.717, 1.165) is 50.8 Å². The van der Waals surface area contributed by atoms with Crippen molar-refractivity contribution in [3.05, 3.63) is 11.1 Å². The Labute approximate surface area is 131 Å². The second-order valence-electron chi connectivity index (χ2n) is 6.81. The predicted octanol–water partition coefficient (Wildman–Crippen LogP) is 2.22. The van der Waals surface area contributed by atoms with Crippen LogP contribution in [0.25, 0.3) is 0 Å². The maximum atomic E-state index is 12.6. The van der Waals surface area contributed by atoms with Crippen molar-refractivity contribution in [1.82, 2.24) is 4.90 Å². The van der Waals surface area contributed by atoms with Crippen molar-refractivity contribution in [3.8, 4) is 0 Å². The molecule has 0 aromatic rings. The number of carbonyl (C=O) groups excluding carboxylic acids is 1. The van der Waals surface area contributed by atoms with E-state index >= 15 is 0 Å². The molecule has 0 spiro atoms. The molecule has 3 rings (SSSR count). The van der Waals surface area contributed by atoms with Crippen molar-refractivity contribution in [2.24, 2.45) is 11.8 Å². The normalized spacial score (nSPS) is 30.1. The summed E-state index contributed by atoms with van der Waals surface area (Å²) in [4.78, 5) is 25.8. The SMILES string of the molecule is CC1=C(C(=O)N2CCC([C@@H]3OCCC3C(=O)O)CC2)CCC1. The molecule has 3 aliphatic rings. The summed E-state index contributed by atoms with van der Waals surface area (Å²) >= 11 is 0. The van der Waals surface area contributed by atoms with Gasteiger partial charge in [-0.3, -0.25) is 9.59 Å². The van der Waals surface area contributed by atoms with Gasteiger partial charge in [0.25, 0.3) is 0 Å². The standard InChI is InChI=1S/C17H25NO4/c1-11-3-2-4-13(11)16(19)18-8-5-12(6-9-18)15-14(17(20)21)7-10-22-15/h12,14-15H,2-10H2,1H3,(H,20,21)/t14?,15-/m0/s1. The van der Waals surface area contributed by atoms with Gasteiger partial charge >= 0.3 is 5.97 Å².